The molecule has 31 heavy (non-hydrogen) atoms. The van der Waals surface area contributed by atoms with Crippen LogP contribution in [0.1, 0.15) is 35.6 Å². The number of carbonyl (C=O) groups excluding carboxylic acids is 1. The summed E-state index contributed by atoms with van der Waals surface area (Å²) in [5.41, 5.74) is 2.94. The molecular formula is C23H25FN4O2S. The van der Waals surface area contributed by atoms with Crippen LogP contribution in [-0.4, -0.2) is 41.2 Å². The maximum absolute atomic E-state index is 13.5. The van der Waals surface area contributed by atoms with Crippen LogP contribution in [0.2, 0.25) is 0 Å². The number of ether oxygens (including phenoxy) is 1. The van der Waals surface area contributed by atoms with Gasteiger partial charge in [-0.1, -0.05) is 23.5 Å². The van der Waals surface area contributed by atoms with Crippen LogP contribution in [0.15, 0.2) is 42.6 Å². The Morgan fingerprint density at radius 1 is 1.26 bits per heavy atom. The van der Waals surface area contributed by atoms with Gasteiger partial charge in [0.15, 0.2) is 5.13 Å². The zero-order chi connectivity index (χ0) is 22.0. The van der Waals surface area contributed by atoms with E-state index in [1.165, 1.54) is 18.2 Å². The van der Waals surface area contributed by atoms with Gasteiger partial charge in [-0.25, -0.2) is 9.37 Å². The molecule has 0 radical (unpaired) electrons. The van der Waals surface area contributed by atoms with Crippen molar-refractivity contribution in [1.29, 1.82) is 0 Å². The van der Waals surface area contributed by atoms with E-state index in [2.05, 4.69) is 29.0 Å². The van der Waals surface area contributed by atoms with Gasteiger partial charge in [-0.05, 0) is 45.0 Å². The number of aryl methyl sites for hydroxylation is 1. The standard InChI is InChI=1S/C23H25FN4O2S/c1-14-7-8-18(10-25-14)21-20(11-26-22(29)17-5-4-6-19(24)9-17)27-23(31-21)28-12-15(2)30-16(3)13-28/h4-10,15-16H,11-13H2,1-3H3,(H,26,29)/t15-,16+. The van der Waals surface area contributed by atoms with E-state index in [0.717, 1.165) is 40.0 Å². The van der Waals surface area contributed by atoms with Crippen molar-refractivity contribution in [1.82, 2.24) is 15.3 Å². The Bertz CT molecular complexity index is 1060. The second-order valence-corrected chi connectivity index (χ2v) is 8.79. The smallest absolute Gasteiger partial charge is 0.251 e. The molecule has 2 atom stereocenters. The lowest BCUT2D eigenvalue weighted by atomic mass is 10.2. The van der Waals surface area contributed by atoms with Crippen LogP contribution in [0.4, 0.5) is 9.52 Å². The van der Waals surface area contributed by atoms with Crippen LogP contribution in [0.25, 0.3) is 10.4 Å². The lowest BCUT2D eigenvalue weighted by molar-refractivity contribution is -0.00523. The highest BCUT2D eigenvalue weighted by atomic mass is 32.1. The van der Waals surface area contributed by atoms with E-state index in [-0.39, 0.29) is 30.2 Å². The summed E-state index contributed by atoms with van der Waals surface area (Å²) in [7, 11) is 0. The Morgan fingerprint density at radius 3 is 2.71 bits per heavy atom. The minimum absolute atomic E-state index is 0.119. The molecule has 1 aliphatic rings. The fourth-order valence-corrected chi connectivity index (χ4v) is 4.74. The van der Waals surface area contributed by atoms with Gasteiger partial charge < -0.3 is 15.0 Å². The number of rotatable bonds is 5. The third kappa shape index (κ3) is 5.08. The SMILES string of the molecule is Cc1ccc(-c2sc(N3C[C@@H](C)O[C@@H](C)C3)nc2CNC(=O)c2cccc(F)c2)cn1. The first-order chi connectivity index (χ1) is 14.9. The first-order valence-electron chi connectivity index (χ1n) is 10.3. The third-order valence-electron chi connectivity index (χ3n) is 5.05. The molecule has 2 aromatic heterocycles. The third-order valence-corrected chi connectivity index (χ3v) is 6.26. The van der Waals surface area contributed by atoms with Crippen LogP contribution in [0, 0.1) is 12.7 Å². The number of aromatic nitrogens is 2. The molecule has 8 heteroatoms. The van der Waals surface area contributed by atoms with Gasteiger partial charge in [-0.15, -0.1) is 0 Å². The lowest BCUT2D eigenvalue weighted by Gasteiger charge is -2.35. The molecule has 3 heterocycles. The van der Waals surface area contributed by atoms with Gasteiger partial charge in [0.25, 0.3) is 5.91 Å². The molecule has 4 rings (SSSR count). The molecule has 3 aromatic rings. The monoisotopic (exact) mass is 440 g/mol. The Kier molecular flexibility index (Phi) is 6.29. The van der Waals surface area contributed by atoms with Crippen molar-refractivity contribution in [3.8, 4) is 10.4 Å². The Morgan fingerprint density at radius 2 is 2.03 bits per heavy atom. The molecule has 1 N–H and O–H groups in total. The number of amides is 1. The maximum atomic E-state index is 13.5. The number of morpholine rings is 1. The van der Waals surface area contributed by atoms with Gasteiger partial charge in [0.05, 0.1) is 29.3 Å². The largest absolute Gasteiger partial charge is 0.372 e. The predicted molar refractivity (Wildman–Crippen MR) is 120 cm³/mol. The average Bonchev–Trinajstić information content (AvgIpc) is 3.16. The van der Waals surface area contributed by atoms with Crippen molar-refractivity contribution >= 4 is 22.4 Å². The molecule has 162 valence electrons. The fraction of sp³-hybridized carbons (Fsp3) is 0.348. The second-order valence-electron chi connectivity index (χ2n) is 7.82. The summed E-state index contributed by atoms with van der Waals surface area (Å²) >= 11 is 1.59. The van der Waals surface area contributed by atoms with Crippen molar-refractivity contribution in [2.75, 3.05) is 18.0 Å². The number of pyridine rings is 1. The van der Waals surface area contributed by atoms with E-state index in [1.54, 1.807) is 17.4 Å². The highest BCUT2D eigenvalue weighted by Gasteiger charge is 2.26. The van der Waals surface area contributed by atoms with Crippen LogP contribution in [0.5, 0.6) is 0 Å². The summed E-state index contributed by atoms with van der Waals surface area (Å²) in [4.78, 5) is 25.0. The van der Waals surface area contributed by atoms with Crippen LogP contribution in [-0.2, 0) is 11.3 Å². The van der Waals surface area contributed by atoms with Gasteiger partial charge in [0.2, 0.25) is 0 Å². The average molecular weight is 441 g/mol. The fourth-order valence-electron chi connectivity index (χ4n) is 3.65. The van der Waals surface area contributed by atoms with Crippen molar-refractivity contribution in [2.45, 2.75) is 39.5 Å². The molecule has 1 aromatic carbocycles. The molecule has 0 spiro atoms. The van der Waals surface area contributed by atoms with E-state index in [0.29, 0.717) is 0 Å². The van der Waals surface area contributed by atoms with E-state index < -0.39 is 5.82 Å². The van der Waals surface area contributed by atoms with Crippen molar-refractivity contribution in [3.05, 3.63) is 65.4 Å². The van der Waals surface area contributed by atoms with Crippen molar-refractivity contribution < 1.29 is 13.9 Å². The van der Waals surface area contributed by atoms with E-state index in [9.17, 15) is 9.18 Å². The Labute approximate surface area is 185 Å². The van der Waals surface area contributed by atoms with Gasteiger partial charge in [0, 0.05) is 36.1 Å². The minimum atomic E-state index is -0.439. The molecule has 1 amide bonds. The van der Waals surface area contributed by atoms with Crippen molar-refractivity contribution in [2.24, 2.45) is 0 Å². The Hall–Kier alpha value is -2.84. The van der Waals surface area contributed by atoms with Gasteiger partial charge >= 0.3 is 0 Å². The van der Waals surface area contributed by atoms with Gasteiger partial charge in [0.1, 0.15) is 5.82 Å². The summed E-state index contributed by atoms with van der Waals surface area (Å²) in [6.45, 7) is 7.82. The first kappa shape index (κ1) is 21.4. The van der Waals surface area contributed by atoms with Crippen LogP contribution in [0.3, 0.4) is 0 Å². The molecule has 1 fully saturated rings. The van der Waals surface area contributed by atoms with Gasteiger partial charge in [-0.3, -0.25) is 9.78 Å². The summed E-state index contributed by atoms with van der Waals surface area (Å²) in [6.07, 6.45) is 2.07. The quantitative estimate of drug-likeness (QED) is 0.644. The topological polar surface area (TPSA) is 67.3 Å². The number of hydrogen-bond donors (Lipinski definition) is 1. The zero-order valence-corrected chi connectivity index (χ0v) is 18.6. The predicted octanol–water partition coefficient (Wildman–Crippen LogP) is 4.20. The number of carbonyl (C=O) groups is 1. The molecule has 0 unspecified atom stereocenters. The van der Waals surface area contributed by atoms with E-state index in [1.807, 2.05) is 25.3 Å². The molecule has 0 aliphatic carbocycles. The van der Waals surface area contributed by atoms with E-state index in [4.69, 9.17) is 9.72 Å². The summed E-state index contributed by atoms with van der Waals surface area (Å²) in [5.74, 6) is -0.777. The molecular weight excluding hydrogens is 415 g/mol. The van der Waals surface area contributed by atoms with Crippen LogP contribution < -0.4 is 10.2 Å². The number of anilines is 1. The number of halogens is 1. The highest BCUT2D eigenvalue weighted by Crippen LogP contribution is 2.36. The minimum Gasteiger partial charge on any atom is -0.372 e. The highest BCUT2D eigenvalue weighted by molar-refractivity contribution is 7.19. The summed E-state index contributed by atoms with van der Waals surface area (Å²) in [6, 6.07) is 9.63. The van der Waals surface area contributed by atoms with E-state index >= 15 is 0 Å². The number of benzene rings is 1. The maximum Gasteiger partial charge on any atom is 0.251 e. The first-order valence-corrected chi connectivity index (χ1v) is 11.1. The summed E-state index contributed by atoms with van der Waals surface area (Å²) < 4.78 is 19.3. The number of nitrogens with one attached hydrogen (secondary N) is 1. The van der Waals surface area contributed by atoms with Crippen molar-refractivity contribution in [3.63, 3.8) is 0 Å². The lowest BCUT2D eigenvalue weighted by Crippen LogP contribution is -2.45. The number of thiazole rings is 1. The normalized spacial score (nSPS) is 18.8. The van der Waals surface area contributed by atoms with Gasteiger partial charge in [-0.2, -0.15) is 0 Å². The second kappa shape index (κ2) is 9.11. The molecule has 6 nitrogen and oxygen atoms in total. The van der Waals surface area contributed by atoms with Crippen LogP contribution >= 0.6 is 11.3 Å². The number of nitrogens with zero attached hydrogens (tertiary/aromatic N) is 3. The molecule has 0 bridgehead atoms. The number of hydrogen-bond acceptors (Lipinski definition) is 6. The Balaban J connectivity index is 1.60. The molecule has 1 saturated heterocycles. The molecule has 1 aliphatic heterocycles. The molecule has 0 saturated carbocycles. The summed E-state index contributed by atoms with van der Waals surface area (Å²) in [5, 5.41) is 3.77. The zero-order valence-electron chi connectivity index (χ0n) is 17.8.